The molecular weight excluding hydrogens is 660 g/mol. The van der Waals surface area contributed by atoms with Crippen molar-refractivity contribution in [2.24, 2.45) is 0 Å². The molecule has 18 heteroatoms. The lowest BCUT2D eigenvalue weighted by molar-refractivity contribution is 0.103. The molecule has 8 rings (SSSR count). The SMILES string of the molecule is C.C.C.C.C.C.C.C.C.C.C.C.O=C1c2cc(F)c(F)cc2-c2nc3nnnn3nc21.O=C1c2cc(F)c(F)cc2-c2nn3nnnc3nc21. The first-order valence-electron chi connectivity index (χ1n) is 10.3. The third kappa shape index (κ3) is 8.12. The van der Waals surface area contributed by atoms with Crippen LogP contribution in [0.1, 0.15) is 121 Å². The first-order valence-corrected chi connectivity index (χ1v) is 10.3. The number of tetrazole rings is 2. The Morgan fingerprint density at radius 3 is 1.16 bits per heavy atom. The van der Waals surface area contributed by atoms with Crippen molar-refractivity contribution in [2.45, 2.75) is 89.1 Å². The molecule has 2 aliphatic rings. The van der Waals surface area contributed by atoms with Crippen LogP contribution in [0, 0.1) is 23.3 Å². The Kier molecular flexibility index (Phi) is 22.6. The molecule has 2 aliphatic carbocycles. The first-order chi connectivity index (χ1) is 18.3. The highest BCUT2D eigenvalue weighted by Crippen LogP contribution is 2.36. The number of halogens is 4. The van der Waals surface area contributed by atoms with Crippen molar-refractivity contribution in [3.63, 3.8) is 0 Å². The van der Waals surface area contributed by atoms with Crippen LogP contribution < -0.4 is 0 Å². The number of benzene rings is 2. The molecule has 0 saturated carbocycles. The number of rotatable bonds is 0. The van der Waals surface area contributed by atoms with E-state index in [9.17, 15) is 27.2 Å². The molecule has 0 fully saturated rings. The molecule has 0 bridgehead atoms. The first kappa shape index (κ1) is 56.6. The third-order valence-electron chi connectivity index (χ3n) is 5.69. The van der Waals surface area contributed by atoms with Gasteiger partial charge in [-0.25, -0.2) is 27.5 Å². The molecule has 0 saturated heterocycles. The Morgan fingerprint density at radius 1 is 0.420 bits per heavy atom. The summed E-state index contributed by atoms with van der Waals surface area (Å²) < 4.78 is 54.9. The number of hydrogen-bond donors (Lipinski definition) is 0. The van der Waals surface area contributed by atoms with E-state index in [0.717, 1.165) is 33.5 Å². The molecule has 0 unspecified atom stereocenters. The number of fused-ring (bicyclic) bond motifs is 8. The van der Waals surface area contributed by atoms with Gasteiger partial charge in [0.25, 0.3) is 11.6 Å². The topological polar surface area (TPSA) is 172 Å². The quantitative estimate of drug-likeness (QED) is 0.138. The zero-order valence-electron chi connectivity index (χ0n) is 18.0. The van der Waals surface area contributed by atoms with Gasteiger partial charge in [0.15, 0.2) is 29.0 Å². The molecule has 0 N–H and O–H groups in total. The maximum Gasteiger partial charge on any atom is 0.292 e. The molecule has 0 spiro atoms. The summed E-state index contributed by atoms with van der Waals surface area (Å²) in [4.78, 5) is 32.1. The van der Waals surface area contributed by atoms with Gasteiger partial charge < -0.3 is 0 Å². The Hall–Kier alpha value is -5.68. The van der Waals surface area contributed by atoms with Gasteiger partial charge in [0, 0.05) is 22.3 Å². The maximum absolute atomic E-state index is 13.3. The van der Waals surface area contributed by atoms with Crippen LogP contribution in [0.25, 0.3) is 34.1 Å². The molecule has 6 aromatic rings. The van der Waals surface area contributed by atoms with E-state index in [2.05, 4.69) is 51.2 Å². The fourth-order valence-corrected chi connectivity index (χ4v) is 4.01. The molecule has 4 aromatic heterocycles. The fraction of sp³-hybridized carbons (Fsp3) is 0.375. The van der Waals surface area contributed by atoms with Crippen LogP contribution in [0.5, 0.6) is 0 Å². The lowest BCUT2D eigenvalue weighted by Gasteiger charge is -1.99. The second kappa shape index (κ2) is 20.0. The van der Waals surface area contributed by atoms with Gasteiger partial charge in [-0.2, -0.15) is 0 Å². The molecule has 0 amide bonds. The van der Waals surface area contributed by atoms with E-state index in [1.807, 2.05) is 0 Å². The van der Waals surface area contributed by atoms with Gasteiger partial charge in [0.05, 0.1) is 0 Å². The number of ketones is 2. The van der Waals surface area contributed by atoms with Gasteiger partial charge in [-0.1, -0.05) is 109 Å². The Labute approximate surface area is 292 Å². The van der Waals surface area contributed by atoms with E-state index in [1.54, 1.807) is 0 Å². The number of nitrogens with zero attached hydrogens (tertiary/aromatic N) is 12. The fourth-order valence-electron chi connectivity index (χ4n) is 4.01. The molecule has 0 radical (unpaired) electrons. The number of aromatic nitrogens is 12. The highest BCUT2D eigenvalue weighted by molar-refractivity contribution is 6.20. The van der Waals surface area contributed by atoms with E-state index >= 15 is 0 Å². The molecule has 14 nitrogen and oxygen atoms in total. The van der Waals surface area contributed by atoms with Crippen molar-refractivity contribution < 1.29 is 27.2 Å². The predicted molar refractivity (Wildman–Crippen MR) is 191 cm³/mol. The van der Waals surface area contributed by atoms with Crippen LogP contribution in [-0.2, 0) is 0 Å². The lowest BCUT2D eigenvalue weighted by Crippen LogP contribution is -2.06. The van der Waals surface area contributed by atoms with Crippen molar-refractivity contribution in [1.82, 2.24) is 60.5 Å². The summed E-state index contributed by atoms with van der Waals surface area (Å²) in [5, 5.41) is 28.8. The van der Waals surface area contributed by atoms with Gasteiger partial charge in [-0.15, -0.1) is 10.2 Å². The predicted octanol–water partition coefficient (Wildman–Crippen LogP) is 8.44. The summed E-state index contributed by atoms with van der Waals surface area (Å²) in [5.41, 5.74) is 0.674. The minimum atomic E-state index is -1.09. The van der Waals surface area contributed by atoms with Gasteiger partial charge >= 0.3 is 0 Å². The zero-order valence-corrected chi connectivity index (χ0v) is 18.0. The maximum atomic E-state index is 13.3. The second-order valence-corrected chi connectivity index (χ2v) is 7.84. The van der Waals surface area contributed by atoms with Crippen molar-refractivity contribution in [1.29, 1.82) is 0 Å². The largest absolute Gasteiger partial charge is 0.292 e. The number of carbonyl (C=O) groups excluding carboxylic acids is 2. The summed E-state index contributed by atoms with van der Waals surface area (Å²) in [6.07, 6.45) is 0. The molecule has 0 aliphatic heterocycles. The van der Waals surface area contributed by atoms with Crippen LogP contribution in [-0.4, -0.2) is 72.0 Å². The summed E-state index contributed by atoms with van der Waals surface area (Å²) in [5.74, 6) is -5.24. The van der Waals surface area contributed by atoms with Crippen molar-refractivity contribution in [3.05, 3.63) is 70.0 Å². The summed E-state index contributed by atoms with van der Waals surface area (Å²) >= 11 is 0. The van der Waals surface area contributed by atoms with Crippen LogP contribution in [0.2, 0.25) is 0 Å². The summed E-state index contributed by atoms with van der Waals surface area (Å²) in [6, 6.07) is 3.51. The molecule has 280 valence electrons. The molecular formula is C32H52F4N12O2. The lowest BCUT2D eigenvalue weighted by atomic mass is 10.1. The van der Waals surface area contributed by atoms with Crippen molar-refractivity contribution in [3.8, 4) is 22.5 Å². The van der Waals surface area contributed by atoms with E-state index in [4.69, 9.17) is 0 Å². The minimum Gasteiger partial charge on any atom is -0.287 e. The molecule has 0 atom stereocenters. The Morgan fingerprint density at radius 2 is 0.740 bits per heavy atom. The molecule has 2 aromatic carbocycles. The summed E-state index contributed by atoms with van der Waals surface area (Å²) in [6.45, 7) is 0. The average Bonchev–Trinajstić information content (AvgIpc) is 3.66. The normalized spacial score (nSPS) is 9.76. The molecule has 50 heavy (non-hydrogen) atoms. The van der Waals surface area contributed by atoms with E-state index in [-0.39, 0.29) is 146 Å². The van der Waals surface area contributed by atoms with Gasteiger partial charge in [0.2, 0.25) is 11.6 Å². The second-order valence-electron chi connectivity index (χ2n) is 7.84. The van der Waals surface area contributed by atoms with E-state index in [1.165, 1.54) is 0 Å². The highest BCUT2D eigenvalue weighted by atomic mass is 19.2. The number of hydrogen-bond acceptors (Lipinski definition) is 12. The van der Waals surface area contributed by atoms with Gasteiger partial charge in [-0.3, -0.25) is 9.59 Å². The Balaban J connectivity index is -0.000000156. The third-order valence-corrected chi connectivity index (χ3v) is 5.69. The van der Waals surface area contributed by atoms with Crippen LogP contribution in [0.4, 0.5) is 17.6 Å². The van der Waals surface area contributed by atoms with Crippen molar-refractivity contribution in [2.75, 3.05) is 0 Å². The van der Waals surface area contributed by atoms with Gasteiger partial charge in [-0.05, 0) is 45.1 Å². The smallest absolute Gasteiger partial charge is 0.287 e. The van der Waals surface area contributed by atoms with Crippen LogP contribution in [0.3, 0.4) is 0 Å². The minimum absolute atomic E-state index is 0. The van der Waals surface area contributed by atoms with Gasteiger partial charge in [0.1, 0.15) is 17.1 Å². The van der Waals surface area contributed by atoms with Crippen molar-refractivity contribution >= 4 is 23.1 Å². The van der Waals surface area contributed by atoms with E-state index < -0.39 is 34.8 Å². The zero-order chi connectivity index (χ0) is 26.3. The van der Waals surface area contributed by atoms with Crippen LogP contribution in [0.15, 0.2) is 24.3 Å². The average molecular weight is 713 g/mol. The highest BCUT2D eigenvalue weighted by Gasteiger charge is 2.34. The van der Waals surface area contributed by atoms with E-state index in [0.29, 0.717) is 0 Å². The summed E-state index contributed by atoms with van der Waals surface area (Å²) in [7, 11) is 0. The number of carbonyl (C=O) groups is 2. The molecule has 4 heterocycles. The Bertz CT molecular complexity index is 1900. The monoisotopic (exact) mass is 712 g/mol. The van der Waals surface area contributed by atoms with Crippen LogP contribution >= 0.6 is 0 Å². The standard InChI is InChI=1S/2C10H2F2N6O.12CH4/c11-5-1-3-4(2-6(5)12)9(19)8-7(3)15-18-10(13-8)14-16-17-18;11-5-1-3-4(2-6(5)12)9(19)8-7(3)13-10-14-16-17-18(10)15-8;;;;;;;;;;;;/h2*1-2H;12*1H4.